The van der Waals surface area contributed by atoms with Crippen molar-refractivity contribution in [2.24, 2.45) is 4.99 Å². The van der Waals surface area contributed by atoms with E-state index in [0.29, 0.717) is 18.5 Å². The molecule has 0 aromatic carbocycles. The van der Waals surface area contributed by atoms with Gasteiger partial charge in [-0.1, -0.05) is 32.9 Å². The predicted octanol–water partition coefficient (Wildman–Crippen LogP) is 3.61. The van der Waals surface area contributed by atoms with Crippen molar-refractivity contribution in [1.29, 1.82) is 0 Å². The molecule has 0 aliphatic heterocycles. The van der Waals surface area contributed by atoms with E-state index in [-0.39, 0.29) is 0 Å². The fourth-order valence-electron chi connectivity index (χ4n) is 2.86. The van der Waals surface area contributed by atoms with E-state index in [9.17, 15) is 0 Å². The van der Waals surface area contributed by atoms with Gasteiger partial charge in [-0.3, -0.25) is 9.89 Å². The van der Waals surface area contributed by atoms with Crippen LogP contribution in [0, 0.1) is 0 Å². The molecular formula is C19H31N5OS. The van der Waals surface area contributed by atoms with Crippen LogP contribution in [0.3, 0.4) is 0 Å². The van der Waals surface area contributed by atoms with Gasteiger partial charge < -0.3 is 15.2 Å². The van der Waals surface area contributed by atoms with Gasteiger partial charge in [0.15, 0.2) is 11.7 Å². The Kier molecular flexibility index (Phi) is 8.12. The zero-order valence-electron chi connectivity index (χ0n) is 16.5. The van der Waals surface area contributed by atoms with Crippen LogP contribution in [0.1, 0.15) is 56.7 Å². The highest BCUT2D eigenvalue weighted by Gasteiger charge is 2.18. The van der Waals surface area contributed by atoms with E-state index >= 15 is 0 Å². The summed E-state index contributed by atoms with van der Waals surface area (Å²) in [7, 11) is 1.78. The number of hydrogen-bond acceptors (Lipinski definition) is 5. The van der Waals surface area contributed by atoms with Gasteiger partial charge in [-0.05, 0) is 41.4 Å². The van der Waals surface area contributed by atoms with Crippen molar-refractivity contribution < 1.29 is 4.52 Å². The third-order valence-corrected chi connectivity index (χ3v) is 5.17. The Bertz CT molecular complexity index is 661. The van der Waals surface area contributed by atoms with Gasteiger partial charge in [0.05, 0.1) is 18.3 Å². The van der Waals surface area contributed by atoms with E-state index in [1.807, 2.05) is 6.07 Å². The second-order valence-electron chi connectivity index (χ2n) is 6.47. The topological polar surface area (TPSA) is 65.7 Å². The maximum Gasteiger partial charge on any atom is 0.191 e. The first kappa shape index (κ1) is 20.5. The van der Waals surface area contributed by atoms with Gasteiger partial charge >= 0.3 is 0 Å². The van der Waals surface area contributed by atoms with Crippen molar-refractivity contribution in [2.75, 3.05) is 26.7 Å². The van der Waals surface area contributed by atoms with E-state index in [0.717, 1.165) is 37.0 Å². The standard InChI is InChI=1S/C19H31N5OS/c1-6-24(7-2)18(15-8-9-26-13-15)12-22-19(20-5)21-11-16-10-17(14(3)4)23-25-16/h8-10,13-14,18H,6-7,11-12H2,1-5H3,(H2,20,21,22). The van der Waals surface area contributed by atoms with Crippen LogP contribution in [-0.4, -0.2) is 42.7 Å². The number of guanidine groups is 1. The van der Waals surface area contributed by atoms with Gasteiger partial charge in [0.2, 0.25) is 0 Å². The lowest BCUT2D eigenvalue weighted by atomic mass is 10.1. The molecule has 2 N–H and O–H groups in total. The molecule has 0 amide bonds. The Morgan fingerprint density at radius 1 is 1.31 bits per heavy atom. The summed E-state index contributed by atoms with van der Waals surface area (Å²) in [6, 6.07) is 4.52. The third kappa shape index (κ3) is 5.57. The van der Waals surface area contributed by atoms with Gasteiger partial charge in [-0.2, -0.15) is 11.3 Å². The Morgan fingerprint density at radius 3 is 2.62 bits per heavy atom. The molecule has 7 heteroatoms. The molecule has 2 rings (SSSR count). The lowest BCUT2D eigenvalue weighted by Gasteiger charge is -2.30. The first-order valence-electron chi connectivity index (χ1n) is 9.25. The number of rotatable bonds is 9. The van der Waals surface area contributed by atoms with E-state index in [2.05, 4.69) is 70.2 Å². The maximum absolute atomic E-state index is 5.38. The number of hydrogen-bond donors (Lipinski definition) is 2. The number of likely N-dealkylation sites (N-methyl/N-ethyl adjacent to an activating group) is 1. The molecule has 0 radical (unpaired) electrons. The minimum atomic E-state index is 0.327. The van der Waals surface area contributed by atoms with Crippen LogP contribution >= 0.6 is 11.3 Å². The van der Waals surface area contributed by atoms with Gasteiger partial charge in [0, 0.05) is 19.7 Å². The lowest BCUT2D eigenvalue weighted by molar-refractivity contribution is 0.219. The first-order chi connectivity index (χ1) is 12.6. The number of thiophene rings is 1. The minimum absolute atomic E-state index is 0.327. The van der Waals surface area contributed by atoms with Crippen molar-refractivity contribution in [1.82, 2.24) is 20.7 Å². The average molecular weight is 378 g/mol. The monoisotopic (exact) mass is 377 g/mol. The van der Waals surface area contributed by atoms with E-state index in [1.54, 1.807) is 18.4 Å². The highest BCUT2D eigenvalue weighted by Crippen LogP contribution is 2.22. The molecule has 0 spiro atoms. The van der Waals surface area contributed by atoms with Crippen molar-refractivity contribution >= 4 is 17.3 Å². The highest BCUT2D eigenvalue weighted by atomic mass is 32.1. The molecule has 144 valence electrons. The highest BCUT2D eigenvalue weighted by molar-refractivity contribution is 7.07. The number of aromatic nitrogens is 1. The van der Waals surface area contributed by atoms with Crippen LogP contribution in [0.4, 0.5) is 0 Å². The number of nitrogens with one attached hydrogen (secondary N) is 2. The fraction of sp³-hybridized carbons (Fsp3) is 0.579. The summed E-state index contributed by atoms with van der Waals surface area (Å²) in [5, 5.41) is 15.2. The molecule has 1 unspecified atom stereocenters. The second-order valence-corrected chi connectivity index (χ2v) is 7.25. The molecule has 2 heterocycles. The maximum atomic E-state index is 5.38. The van der Waals surface area contributed by atoms with Gasteiger partial charge in [-0.15, -0.1) is 0 Å². The zero-order valence-corrected chi connectivity index (χ0v) is 17.3. The zero-order chi connectivity index (χ0) is 18.9. The van der Waals surface area contributed by atoms with Crippen LogP contribution in [0.2, 0.25) is 0 Å². The molecule has 2 aromatic heterocycles. The summed E-state index contributed by atoms with van der Waals surface area (Å²) in [4.78, 5) is 6.78. The smallest absolute Gasteiger partial charge is 0.191 e. The second kappa shape index (κ2) is 10.3. The summed E-state index contributed by atoms with van der Waals surface area (Å²) in [6.45, 7) is 12.0. The fourth-order valence-corrected chi connectivity index (χ4v) is 3.56. The molecule has 0 fully saturated rings. The van der Waals surface area contributed by atoms with Crippen molar-refractivity contribution in [3.05, 3.63) is 39.9 Å². The van der Waals surface area contributed by atoms with Crippen LogP contribution in [0.5, 0.6) is 0 Å². The van der Waals surface area contributed by atoms with Crippen LogP contribution in [-0.2, 0) is 6.54 Å². The Hall–Kier alpha value is -1.86. The van der Waals surface area contributed by atoms with Crippen molar-refractivity contribution in [3.8, 4) is 0 Å². The molecular weight excluding hydrogens is 346 g/mol. The third-order valence-electron chi connectivity index (χ3n) is 4.47. The summed E-state index contributed by atoms with van der Waals surface area (Å²) in [5.74, 6) is 1.94. The van der Waals surface area contributed by atoms with Crippen molar-refractivity contribution in [3.63, 3.8) is 0 Å². The summed E-state index contributed by atoms with van der Waals surface area (Å²) >= 11 is 1.74. The molecule has 0 aliphatic rings. The molecule has 0 saturated carbocycles. The van der Waals surface area contributed by atoms with E-state index in [4.69, 9.17) is 4.52 Å². The lowest BCUT2D eigenvalue weighted by Crippen LogP contribution is -2.42. The normalized spacial score (nSPS) is 13.4. The summed E-state index contributed by atoms with van der Waals surface area (Å²) in [6.07, 6.45) is 0. The Labute approximate surface area is 160 Å². The first-order valence-corrected chi connectivity index (χ1v) is 10.2. The molecule has 26 heavy (non-hydrogen) atoms. The number of nitrogens with zero attached hydrogens (tertiary/aromatic N) is 3. The predicted molar refractivity (Wildman–Crippen MR) is 109 cm³/mol. The van der Waals surface area contributed by atoms with Crippen LogP contribution in [0.15, 0.2) is 32.4 Å². The quantitative estimate of drug-likeness (QED) is 0.516. The SMILES string of the molecule is CCN(CC)C(CNC(=NC)NCc1cc(C(C)C)no1)c1ccsc1. The van der Waals surface area contributed by atoms with Crippen LogP contribution in [0.25, 0.3) is 0 Å². The van der Waals surface area contributed by atoms with Gasteiger partial charge in [0.1, 0.15) is 0 Å². The van der Waals surface area contributed by atoms with E-state index in [1.165, 1.54) is 5.56 Å². The molecule has 0 aliphatic carbocycles. The average Bonchev–Trinajstić information content (AvgIpc) is 3.32. The Balaban J connectivity index is 1.93. The molecule has 2 aromatic rings. The van der Waals surface area contributed by atoms with Crippen LogP contribution < -0.4 is 10.6 Å². The van der Waals surface area contributed by atoms with Gasteiger partial charge in [-0.25, -0.2) is 0 Å². The molecule has 6 nitrogen and oxygen atoms in total. The Morgan fingerprint density at radius 2 is 2.08 bits per heavy atom. The summed E-state index contributed by atoms with van der Waals surface area (Å²) < 4.78 is 5.38. The largest absolute Gasteiger partial charge is 0.359 e. The van der Waals surface area contributed by atoms with Crippen molar-refractivity contribution in [2.45, 2.75) is 46.2 Å². The number of aliphatic imine (C=N–C) groups is 1. The minimum Gasteiger partial charge on any atom is -0.359 e. The van der Waals surface area contributed by atoms with E-state index < -0.39 is 0 Å². The summed E-state index contributed by atoms with van der Waals surface area (Å²) in [5.41, 5.74) is 2.32. The molecule has 0 saturated heterocycles. The molecule has 1 atom stereocenters. The molecule has 0 bridgehead atoms. The van der Waals surface area contributed by atoms with Gasteiger partial charge in [0.25, 0.3) is 0 Å².